The molecule has 4 nitrogen and oxygen atoms in total. The van der Waals surface area contributed by atoms with Crippen LogP contribution in [-0.2, 0) is 13.0 Å². The molecule has 0 saturated heterocycles. The van der Waals surface area contributed by atoms with Crippen molar-refractivity contribution in [1.29, 1.82) is 0 Å². The van der Waals surface area contributed by atoms with E-state index in [4.69, 9.17) is 0 Å². The van der Waals surface area contributed by atoms with Gasteiger partial charge in [0, 0.05) is 37.5 Å². The second-order valence-electron chi connectivity index (χ2n) is 3.86. The van der Waals surface area contributed by atoms with E-state index in [1.165, 1.54) is 5.56 Å². The Morgan fingerprint density at radius 1 is 1.12 bits per heavy atom. The zero-order valence-electron chi connectivity index (χ0n) is 8.85. The fourth-order valence-corrected chi connectivity index (χ4v) is 1.91. The van der Waals surface area contributed by atoms with Crippen LogP contribution in [0.1, 0.15) is 11.3 Å². The maximum absolute atomic E-state index is 4.29. The van der Waals surface area contributed by atoms with Crippen LogP contribution in [0.4, 0.5) is 0 Å². The summed E-state index contributed by atoms with van der Waals surface area (Å²) in [5.74, 6) is 0. The average molecular weight is 212 g/mol. The fraction of sp³-hybridized carbons (Fsp3) is 0.250. The second-order valence-corrected chi connectivity index (χ2v) is 3.86. The summed E-state index contributed by atoms with van der Waals surface area (Å²) in [7, 11) is 0. The Hall–Kier alpha value is -1.81. The van der Waals surface area contributed by atoms with Gasteiger partial charge in [-0.05, 0) is 23.8 Å². The molecule has 0 atom stereocenters. The number of nitrogens with zero attached hydrogens (tertiary/aromatic N) is 3. The molecule has 0 aliphatic carbocycles. The molecule has 4 heteroatoms. The highest BCUT2D eigenvalue weighted by Gasteiger charge is 2.11. The molecule has 0 amide bonds. The molecule has 0 spiro atoms. The lowest BCUT2D eigenvalue weighted by molar-refractivity contribution is 0.621. The molecule has 0 aromatic carbocycles. The number of hydrogen-bond donors (Lipinski definition) is 1. The van der Waals surface area contributed by atoms with Crippen molar-refractivity contribution in [3.05, 3.63) is 41.9 Å². The fourth-order valence-electron chi connectivity index (χ4n) is 1.91. The third kappa shape index (κ3) is 1.67. The van der Waals surface area contributed by atoms with Crippen LogP contribution in [0.3, 0.4) is 0 Å². The maximum atomic E-state index is 4.29. The lowest BCUT2D eigenvalue weighted by atomic mass is 10.1. The first-order valence-corrected chi connectivity index (χ1v) is 5.40. The summed E-state index contributed by atoms with van der Waals surface area (Å²) in [6.45, 7) is 1.89. The topological polar surface area (TPSA) is 50.7 Å². The van der Waals surface area contributed by atoms with Gasteiger partial charge in [-0.25, -0.2) is 0 Å². The lowest BCUT2D eigenvalue weighted by Crippen LogP contribution is -2.24. The average Bonchev–Trinajstić information content (AvgIpc) is 2.39. The number of hydrogen-bond acceptors (Lipinski definition) is 4. The van der Waals surface area contributed by atoms with E-state index in [0.717, 1.165) is 36.5 Å². The van der Waals surface area contributed by atoms with E-state index >= 15 is 0 Å². The quantitative estimate of drug-likeness (QED) is 0.771. The highest BCUT2D eigenvalue weighted by atomic mass is 15.1. The van der Waals surface area contributed by atoms with Crippen LogP contribution in [0, 0.1) is 0 Å². The normalized spacial score (nSPS) is 14.5. The molecule has 3 heterocycles. The van der Waals surface area contributed by atoms with Gasteiger partial charge in [-0.15, -0.1) is 0 Å². The molecule has 16 heavy (non-hydrogen) atoms. The van der Waals surface area contributed by atoms with Gasteiger partial charge in [0.25, 0.3) is 0 Å². The summed E-state index contributed by atoms with van der Waals surface area (Å²) in [6.07, 6.45) is 4.52. The molecule has 0 fully saturated rings. The number of nitrogens with one attached hydrogen (secondary N) is 1. The Balaban J connectivity index is 2.03. The zero-order valence-corrected chi connectivity index (χ0v) is 8.85. The highest BCUT2D eigenvalue weighted by molar-refractivity contribution is 5.58. The van der Waals surface area contributed by atoms with Crippen molar-refractivity contribution in [2.75, 3.05) is 6.54 Å². The Labute approximate surface area is 93.8 Å². The molecule has 2 aromatic heterocycles. The molecule has 1 aliphatic heterocycles. The van der Waals surface area contributed by atoms with Gasteiger partial charge in [0.1, 0.15) is 0 Å². The maximum Gasteiger partial charge on any atom is 0.0934 e. The summed E-state index contributed by atoms with van der Waals surface area (Å²) < 4.78 is 0. The molecule has 0 unspecified atom stereocenters. The molecule has 1 aliphatic rings. The van der Waals surface area contributed by atoms with Crippen LogP contribution in [0.15, 0.2) is 30.6 Å². The summed E-state index contributed by atoms with van der Waals surface area (Å²) in [5, 5.41) is 11.9. The van der Waals surface area contributed by atoms with Gasteiger partial charge in [-0.2, -0.15) is 10.2 Å². The van der Waals surface area contributed by atoms with E-state index in [9.17, 15) is 0 Å². The van der Waals surface area contributed by atoms with E-state index < -0.39 is 0 Å². The number of rotatable bonds is 1. The van der Waals surface area contributed by atoms with E-state index in [0.29, 0.717) is 0 Å². The first kappa shape index (κ1) is 9.42. The largest absolute Gasteiger partial charge is 0.312 e. The van der Waals surface area contributed by atoms with Crippen LogP contribution >= 0.6 is 0 Å². The van der Waals surface area contributed by atoms with E-state index in [1.54, 1.807) is 12.4 Å². The standard InChI is InChI=1S/C12H12N4/c1-4-13-5-2-9(1)12-7-10-8-14-6-3-11(10)15-16-12/h1-2,4-5,7,14H,3,6,8H2. The Kier molecular flexibility index (Phi) is 2.34. The number of fused-ring (bicyclic) bond motifs is 1. The molecule has 1 N–H and O–H groups in total. The van der Waals surface area contributed by atoms with Crippen molar-refractivity contribution >= 4 is 0 Å². The SMILES string of the molecule is c1cc(-c2cc3c(nn2)CCNC3)ccn1. The molecule has 3 rings (SSSR count). The predicted octanol–water partition coefficient (Wildman–Crippen LogP) is 1.18. The van der Waals surface area contributed by atoms with E-state index in [-0.39, 0.29) is 0 Å². The van der Waals surface area contributed by atoms with Gasteiger partial charge in [0.05, 0.1) is 11.4 Å². The van der Waals surface area contributed by atoms with Crippen LogP contribution in [0.2, 0.25) is 0 Å². The second kappa shape index (κ2) is 3.98. The predicted molar refractivity (Wildman–Crippen MR) is 60.7 cm³/mol. The van der Waals surface area contributed by atoms with Gasteiger partial charge >= 0.3 is 0 Å². The first-order valence-electron chi connectivity index (χ1n) is 5.40. The van der Waals surface area contributed by atoms with Gasteiger partial charge < -0.3 is 5.32 Å². The lowest BCUT2D eigenvalue weighted by Gasteiger charge is -2.15. The van der Waals surface area contributed by atoms with Crippen LogP contribution in [-0.4, -0.2) is 21.7 Å². The van der Waals surface area contributed by atoms with Crippen molar-refractivity contribution in [2.45, 2.75) is 13.0 Å². The Morgan fingerprint density at radius 3 is 2.88 bits per heavy atom. The smallest absolute Gasteiger partial charge is 0.0934 e. The molecule has 0 bridgehead atoms. The van der Waals surface area contributed by atoms with Gasteiger partial charge in [-0.1, -0.05) is 0 Å². The van der Waals surface area contributed by atoms with Crippen molar-refractivity contribution in [2.24, 2.45) is 0 Å². The van der Waals surface area contributed by atoms with Crippen molar-refractivity contribution in [1.82, 2.24) is 20.5 Å². The number of pyridine rings is 1. The summed E-state index contributed by atoms with van der Waals surface area (Å²) in [4.78, 5) is 4.00. The minimum atomic E-state index is 0.892. The monoisotopic (exact) mass is 212 g/mol. The zero-order chi connectivity index (χ0) is 10.8. The summed E-state index contributed by atoms with van der Waals surface area (Å²) in [6, 6.07) is 6.02. The van der Waals surface area contributed by atoms with Crippen LogP contribution in [0.5, 0.6) is 0 Å². The van der Waals surface area contributed by atoms with E-state index in [2.05, 4.69) is 26.6 Å². The summed E-state index contributed by atoms with van der Waals surface area (Å²) in [5.41, 5.74) is 4.37. The van der Waals surface area contributed by atoms with Crippen molar-refractivity contribution in [3.63, 3.8) is 0 Å². The van der Waals surface area contributed by atoms with Crippen LogP contribution in [0.25, 0.3) is 11.3 Å². The molecule has 0 radical (unpaired) electrons. The Bertz CT molecular complexity index is 496. The number of aromatic nitrogens is 3. The highest BCUT2D eigenvalue weighted by Crippen LogP contribution is 2.19. The van der Waals surface area contributed by atoms with Crippen molar-refractivity contribution < 1.29 is 0 Å². The minimum Gasteiger partial charge on any atom is -0.312 e. The minimum absolute atomic E-state index is 0.892. The molecular weight excluding hydrogens is 200 g/mol. The van der Waals surface area contributed by atoms with Gasteiger partial charge in [-0.3, -0.25) is 4.98 Å². The molecule has 0 saturated carbocycles. The third-order valence-electron chi connectivity index (χ3n) is 2.79. The molecular formula is C12H12N4. The molecule has 80 valence electrons. The summed E-state index contributed by atoms with van der Waals surface area (Å²) >= 11 is 0. The molecule has 2 aromatic rings. The van der Waals surface area contributed by atoms with Gasteiger partial charge in [0.15, 0.2) is 0 Å². The van der Waals surface area contributed by atoms with Crippen LogP contribution < -0.4 is 5.32 Å². The Morgan fingerprint density at radius 2 is 2.00 bits per heavy atom. The first-order chi connectivity index (χ1) is 7.93. The van der Waals surface area contributed by atoms with Gasteiger partial charge in [0.2, 0.25) is 0 Å². The third-order valence-corrected chi connectivity index (χ3v) is 2.79. The van der Waals surface area contributed by atoms with E-state index in [1.807, 2.05) is 12.1 Å². The van der Waals surface area contributed by atoms with Crippen molar-refractivity contribution in [3.8, 4) is 11.3 Å².